The highest BCUT2D eigenvalue weighted by Crippen LogP contribution is 2.22. The number of rotatable bonds is 6. The van der Waals surface area contributed by atoms with Crippen LogP contribution in [0.4, 0.5) is 16.2 Å². The summed E-state index contributed by atoms with van der Waals surface area (Å²) in [6, 6.07) is 12.3. The van der Waals surface area contributed by atoms with Crippen molar-refractivity contribution >= 4 is 33.3 Å². The molecule has 1 heterocycles. The number of carbonyl (C=O) groups excluding carboxylic acids is 2. The number of carbonyl (C=O) groups is 2. The highest BCUT2D eigenvalue weighted by molar-refractivity contribution is 7.89. The summed E-state index contributed by atoms with van der Waals surface area (Å²) in [5.74, 6) is -0.396. The number of amides is 3. The Kier molecular flexibility index (Phi) is 5.63. The molecule has 0 spiro atoms. The predicted molar refractivity (Wildman–Crippen MR) is 104 cm³/mol. The second-order valence-corrected chi connectivity index (χ2v) is 7.95. The van der Waals surface area contributed by atoms with E-state index in [-0.39, 0.29) is 10.9 Å². The maximum Gasteiger partial charge on any atom is 0.321 e. The van der Waals surface area contributed by atoms with Gasteiger partial charge in [0.2, 0.25) is 0 Å². The Balaban J connectivity index is 1.74. The van der Waals surface area contributed by atoms with Gasteiger partial charge in [0, 0.05) is 37.1 Å². The van der Waals surface area contributed by atoms with E-state index in [1.54, 1.807) is 29.2 Å². The highest BCUT2D eigenvalue weighted by Gasteiger charge is 2.22. The summed E-state index contributed by atoms with van der Waals surface area (Å²) >= 11 is 0. The summed E-state index contributed by atoms with van der Waals surface area (Å²) in [4.78, 5) is 30.6. The molecule has 0 atom stereocenters. The second kappa shape index (κ2) is 7.97. The minimum atomic E-state index is -3.77. The number of sulfonamides is 1. The molecular formula is C18H20N4O5S. The van der Waals surface area contributed by atoms with Gasteiger partial charge in [0.15, 0.2) is 0 Å². The summed E-state index contributed by atoms with van der Waals surface area (Å²) in [5.41, 5.74) is 1.50. The van der Waals surface area contributed by atoms with Gasteiger partial charge in [0.1, 0.15) is 0 Å². The molecule has 0 bridgehead atoms. The first-order chi connectivity index (χ1) is 13.3. The summed E-state index contributed by atoms with van der Waals surface area (Å²) in [5, 5.41) is 5.47. The van der Waals surface area contributed by atoms with Gasteiger partial charge in [-0.2, -0.15) is 0 Å². The van der Waals surface area contributed by atoms with E-state index in [2.05, 4.69) is 10.6 Å². The third kappa shape index (κ3) is 3.98. The van der Waals surface area contributed by atoms with Crippen molar-refractivity contribution in [3.8, 4) is 0 Å². The first-order valence-electron chi connectivity index (χ1n) is 8.43. The summed E-state index contributed by atoms with van der Waals surface area (Å²) in [7, 11) is -1.24. The van der Waals surface area contributed by atoms with Gasteiger partial charge in [0.05, 0.1) is 12.0 Å². The second-order valence-electron chi connectivity index (χ2n) is 6.01. The highest BCUT2D eigenvalue weighted by atomic mass is 32.2. The van der Waals surface area contributed by atoms with Crippen molar-refractivity contribution < 1.29 is 22.8 Å². The first-order valence-corrected chi connectivity index (χ1v) is 9.87. The van der Waals surface area contributed by atoms with Crippen LogP contribution in [0.2, 0.25) is 0 Å². The van der Waals surface area contributed by atoms with Crippen molar-refractivity contribution in [1.29, 1.82) is 0 Å². The van der Waals surface area contributed by atoms with Crippen molar-refractivity contribution in [3.05, 3.63) is 54.1 Å². The number of nitrogens with zero attached hydrogens (tertiary/aromatic N) is 2. The molecule has 2 aromatic rings. The van der Waals surface area contributed by atoms with Gasteiger partial charge in [-0.05, 0) is 42.5 Å². The average molecular weight is 404 g/mol. The lowest BCUT2D eigenvalue weighted by atomic mass is 10.2. The maximum absolute atomic E-state index is 12.5. The summed E-state index contributed by atoms with van der Waals surface area (Å²) < 4.78 is 25.1. The number of hydroxylamine groups is 1. The van der Waals surface area contributed by atoms with Crippen LogP contribution in [-0.4, -0.2) is 52.1 Å². The topological polar surface area (TPSA) is 108 Å². The molecule has 28 heavy (non-hydrogen) atoms. The van der Waals surface area contributed by atoms with E-state index in [4.69, 9.17) is 4.84 Å². The van der Waals surface area contributed by atoms with Crippen LogP contribution in [0.15, 0.2) is 53.4 Å². The van der Waals surface area contributed by atoms with E-state index in [1.807, 2.05) is 0 Å². The fourth-order valence-corrected chi connectivity index (χ4v) is 3.67. The van der Waals surface area contributed by atoms with E-state index < -0.39 is 15.9 Å². The number of urea groups is 1. The van der Waals surface area contributed by atoms with E-state index in [1.165, 1.54) is 38.4 Å². The van der Waals surface area contributed by atoms with Crippen LogP contribution in [0.25, 0.3) is 0 Å². The molecule has 0 radical (unpaired) electrons. The number of nitrogens with one attached hydrogen (secondary N) is 2. The van der Waals surface area contributed by atoms with Crippen LogP contribution >= 0.6 is 0 Å². The number of hydrogen-bond acceptors (Lipinski definition) is 5. The molecule has 2 aromatic carbocycles. The van der Waals surface area contributed by atoms with Gasteiger partial charge in [0.25, 0.3) is 15.9 Å². The lowest BCUT2D eigenvalue weighted by molar-refractivity contribution is -0.0258. The standard InChI is InChI=1S/C18H20N4O5S/c1-21(27-2)28(25,26)16-8-6-13(7-9-16)17(23)20-14-4-3-5-15(12-14)22-11-10-19-18(22)24/h3-9,12H,10-11H2,1-2H3,(H,19,24)(H,20,23). The van der Waals surface area contributed by atoms with Gasteiger partial charge >= 0.3 is 6.03 Å². The molecule has 3 amide bonds. The van der Waals surface area contributed by atoms with E-state index in [0.717, 1.165) is 4.47 Å². The number of hydrogen-bond donors (Lipinski definition) is 2. The van der Waals surface area contributed by atoms with Gasteiger partial charge in [-0.3, -0.25) is 14.5 Å². The van der Waals surface area contributed by atoms with E-state index in [0.29, 0.717) is 30.0 Å². The fourth-order valence-electron chi connectivity index (χ4n) is 2.70. The van der Waals surface area contributed by atoms with Crippen molar-refractivity contribution in [2.45, 2.75) is 4.90 Å². The molecule has 0 unspecified atom stereocenters. The molecule has 148 valence electrons. The zero-order chi connectivity index (χ0) is 20.3. The fraction of sp³-hybridized carbons (Fsp3) is 0.222. The van der Waals surface area contributed by atoms with Gasteiger partial charge < -0.3 is 10.6 Å². The van der Waals surface area contributed by atoms with Crippen LogP contribution in [-0.2, 0) is 14.9 Å². The quantitative estimate of drug-likeness (QED) is 0.712. The van der Waals surface area contributed by atoms with Gasteiger partial charge in [-0.1, -0.05) is 10.5 Å². The molecule has 0 saturated carbocycles. The third-order valence-electron chi connectivity index (χ3n) is 4.28. The molecule has 10 heteroatoms. The van der Waals surface area contributed by atoms with Crippen molar-refractivity contribution in [1.82, 2.24) is 9.79 Å². The number of benzene rings is 2. The Bertz CT molecular complexity index is 991. The van der Waals surface area contributed by atoms with Crippen LogP contribution in [0.1, 0.15) is 10.4 Å². The molecule has 1 aliphatic heterocycles. The maximum atomic E-state index is 12.5. The van der Waals surface area contributed by atoms with Crippen LogP contribution in [0.3, 0.4) is 0 Å². The molecule has 3 rings (SSSR count). The normalized spacial score (nSPS) is 14.2. The van der Waals surface area contributed by atoms with Crippen molar-refractivity contribution in [3.63, 3.8) is 0 Å². The molecule has 9 nitrogen and oxygen atoms in total. The van der Waals surface area contributed by atoms with Crippen LogP contribution in [0.5, 0.6) is 0 Å². The van der Waals surface area contributed by atoms with Crippen molar-refractivity contribution in [2.75, 3.05) is 37.5 Å². The predicted octanol–water partition coefficient (Wildman–Crippen LogP) is 1.65. The summed E-state index contributed by atoms with van der Waals surface area (Å²) in [6.45, 7) is 1.13. The van der Waals surface area contributed by atoms with Gasteiger partial charge in [-0.15, -0.1) is 0 Å². The Morgan fingerprint density at radius 3 is 2.54 bits per heavy atom. The van der Waals surface area contributed by atoms with Crippen LogP contribution < -0.4 is 15.5 Å². The Labute approximate surface area is 162 Å². The van der Waals surface area contributed by atoms with Crippen LogP contribution in [0, 0.1) is 0 Å². The third-order valence-corrected chi connectivity index (χ3v) is 5.98. The first kappa shape index (κ1) is 19.8. The lowest BCUT2D eigenvalue weighted by Gasteiger charge is -2.16. The molecule has 1 aliphatic rings. The number of anilines is 2. The minimum Gasteiger partial charge on any atom is -0.336 e. The molecule has 0 aliphatic carbocycles. The van der Waals surface area contributed by atoms with Gasteiger partial charge in [-0.25, -0.2) is 13.2 Å². The molecule has 2 N–H and O–H groups in total. The molecular weight excluding hydrogens is 384 g/mol. The lowest BCUT2D eigenvalue weighted by Crippen LogP contribution is -2.27. The Morgan fingerprint density at radius 2 is 1.93 bits per heavy atom. The molecule has 0 aromatic heterocycles. The minimum absolute atomic E-state index is 0.00967. The Hall–Kier alpha value is -2.95. The smallest absolute Gasteiger partial charge is 0.321 e. The molecule has 1 fully saturated rings. The van der Waals surface area contributed by atoms with E-state index in [9.17, 15) is 18.0 Å². The zero-order valence-electron chi connectivity index (χ0n) is 15.4. The average Bonchev–Trinajstić information content (AvgIpc) is 3.13. The SMILES string of the molecule is CON(C)S(=O)(=O)c1ccc(C(=O)Nc2cccc(N3CCNC3=O)c2)cc1. The van der Waals surface area contributed by atoms with E-state index >= 15 is 0 Å². The Morgan fingerprint density at radius 1 is 1.21 bits per heavy atom. The largest absolute Gasteiger partial charge is 0.336 e. The molecule has 1 saturated heterocycles. The zero-order valence-corrected chi connectivity index (χ0v) is 16.2. The summed E-state index contributed by atoms with van der Waals surface area (Å²) in [6.07, 6.45) is 0. The van der Waals surface area contributed by atoms with Crippen molar-refractivity contribution in [2.24, 2.45) is 0 Å². The monoisotopic (exact) mass is 404 g/mol.